The molecule has 0 aliphatic heterocycles. The van der Waals surface area contributed by atoms with Gasteiger partial charge in [0.25, 0.3) is 0 Å². The molecule has 28 heavy (non-hydrogen) atoms. The number of benzene rings is 2. The molecule has 0 unspecified atom stereocenters. The third-order valence-corrected chi connectivity index (χ3v) is 6.60. The Bertz CT molecular complexity index is 1250. The van der Waals surface area contributed by atoms with Gasteiger partial charge < -0.3 is 0 Å². The van der Waals surface area contributed by atoms with Crippen LogP contribution in [0, 0.1) is 23.7 Å². The Morgan fingerprint density at radius 2 is 1.89 bits per heavy atom. The van der Waals surface area contributed by atoms with E-state index in [-0.39, 0.29) is 5.78 Å². The first-order chi connectivity index (χ1) is 13.3. The Kier molecular flexibility index (Phi) is 4.16. The van der Waals surface area contributed by atoms with E-state index < -0.39 is 15.4 Å². The lowest BCUT2D eigenvalue weighted by molar-refractivity contribution is 0.0835. The third kappa shape index (κ3) is 2.74. The van der Waals surface area contributed by atoms with E-state index in [4.69, 9.17) is 0 Å². The van der Waals surface area contributed by atoms with Gasteiger partial charge in [-0.25, -0.2) is 12.4 Å². The van der Waals surface area contributed by atoms with E-state index in [0.29, 0.717) is 41.4 Å². The molecular formula is C22H20N2O3S. The lowest BCUT2D eigenvalue weighted by Gasteiger charge is -2.30. The summed E-state index contributed by atoms with van der Waals surface area (Å²) in [7, 11) is -3.59. The number of carbonyl (C=O) groups is 1. The van der Waals surface area contributed by atoms with Gasteiger partial charge in [0, 0.05) is 16.6 Å². The number of aromatic nitrogens is 1. The number of rotatable bonds is 3. The summed E-state index contributed by atoms with van der Waals surface area (Å²) < 4.78 is 26.3. The van der Waals surface area contributed by atoms with Crippen molar-refractivity contribution in [2.75, 3.05) is 6.26 Å². The van der Waals surface area contributed by atoms with Crippen molar-refractivity contribution in [3.8, 4) is 6.07 Å². The van der Waals surface area contributed by atoms with Crippen molar-refractivity contribution in [1.82, 2.24) is 3.97 Å². The van der Waals surface area contributed by atoms with E-state index in [0.717, 1.165) is 17.4 Å². The summed E-state index contributed by atoms with van der Waals surface area (Å²) in [4.78, 5) is 13.6. The number of ketones is 1. The number of hydrogen-bond donors (Lipinski definition) is 0. The quantitative estimate of drug-likeness (QED) is 0.682. The molecule has 0 N–H and O–H groups in total. The summed E-state index contributed by atoms with van der Waals surface area (Å²) >= 11 is 0. The van der Waals surface area contributed by atoms with E-state index in [1.807, 2.05) is 43.3 Å². The first kappa shape index (κ1) is 18.5. The number of hydrogen-bond acceptors (Lipinski definition) is 4. The Labute approximate surface area is 164 Å². The van der Waals surface area contributed by atoms with E-state index in [1.165, 1.54) is 3.97 Å². The van der Waals surface area contributed by atoms with Crippen molar-refractivity contribution in [2.45, 2.75) is 26.2 Å². The van der Waals surface area contributed by atoms with Crippen LogP contribution in [0.3, 0.4) is 0 Å². The minimum Gasteiger partial charge on any atom is -0.292 e. The predicted octanol–water partition coefficient (Wildman–Crippen LogP) is 3.64. The molecule has 0 bridgehead atoms. The van der Waals surface area contributed by atoms with Crippen molar-refractivity contribution >= 4 is 26.7 Å². The van der Waals surface area contributed by atoms with E-state index in [2.05, 4.69) is 6.07 Å². The molecule has 0 radical (unpaired) electrons. The molecule has 5 nitrogen and oxygen atoms in total. The lowest BCUT2D eigenvalue weighted by atomic mass is 9.69. The standard InChI is InChI=1S/C22H20N2O3S/c1-15-8-9-17-19(12-15)24(28(2,26)27)18-10-11-22(14-23,21(25)20(17)18)13-16-6-4-3-5-7-16/h3-9,12H,10-11,13H2,1-2H3/t22-/m1/s1. The summed E-state index contributed by atoms with van der Waals surface area (Å²) in [5.41, 5.74) is 2.03. The first-order valence-electron chi connectivity index (χ1n) is 9.11. The van der Waals surface area contributed by atoms with Crippen molar-refractivity contribution in [1.29, 1.82) is 5.26 Å². The van der Waals surface area contributed by atoms with Gasteiger partial charge in [0.2, 0.25) is 10.0 Å². The number of nitrogens with zero attached hydrogens (tertiary/aromatic N) is 2. The molecule has 3 aromatic rings. The maximum atomic E-state index is 13.6. The average Bonchev–Trinajstić information content (AvgIpc) is 2.99. The monoisotopic (exact) mass is 392 g/mol. The summed E-state index contributed by atoms with van der Waals surface area (Å²) in [5.74, 6) is -0.281. The van der Waals surface area contributed by atoms with Gasteiger partial charge >= 0.3 is 0 Å². The van der Waals surface area contributed by atoms with Gasteiger partial charge in [-0.05, 0) is 43.4 Å². The molecule has 142 valence electrons. The first-order valence-corrected chi connectivity index (χ1v) is 11.0. The lowest BCUT2D eigenvalue weighted by Crippen LogP contribution is -2.37. The van der Waals surface area contributed by atoms with Crippen molar-refractivity contribution < 1.29 is 13.2 Å². The van der Waals surface area contributed by atoms with Gasteiger partial charge in [-0.3, -0.25) is 4.79 Å². The Balaban J connectivity index is 1.96. The maximum absolute atomic E-state index is 13.6. The molecule has 1 aliphatic rings. The Morgan fingerprint density at radius 3 is 2.54 bits per heavy atom. The second-order valence-electron chi connectivity index (χ2n) is 7.56. The number of nitriles is 1. The largest absolute Gasteiger partial charge is 0.292 e. The van der Waals surface area contributed by atoms with Crippen molar-refractivity contribution in [3.63, 3.8) is 0 Å². The van der Waals surface area contributed by atoms with Crippen LogP contribution in [0.1, 0.15) is 33.6 Å². The van der Waals surface area contributed by atoms with Gasteiger partial charge in [-0.2, -0.15) is 5.26 Å². The van der Waals surface area contributed by atoms with Crippen molar-refractivity contribution in [2.24, 2.45) is 5.41 Å². The molecule has 0 saturated carbocycles. The third-order valence-electron chi connectivity index (χ3n) is 5.52. The fourth-order valence-electron chi connectivity index (χ4n) is 4.23. The van der Waals surface area contributed by atoms with Gasteiger partial charge in [-0.15, -0.1) is 0 Å². The topological polar surface area (TPSA) is 79.9 Å². The highest BCUT2D eigenvalue weighted by atomic mass is 32.2. The zero-order valence-corrected chi connectivity index (χ0v) is 16.6. The minimum absolute atomic E-state index is 0.281. The molecule has 6 heteroatoms. The molecule has 1 aliphatic carbocycles. The normalized spacial score (nSPS) is 19.4. The molecular weight excluding hydrogens is 372 g/mol. The van der Waals surface area contributed by atoms with E-state index in [9.17, 15) is 18.5 Å². The fourth-order valence-corrected chi connectivity index (χ4v) is 5.32. The van der Waals surface area contributed by atoms with Crippen LogP contribution in [-0.2, 0) is 22.9 Å². The highest BCUT2D eigenvalue weighted by Crippen LogP contribution is 2.42. The van der Waals surface area contributed by atoms with Gasteiger partial charge in [0.15, 0.2) is 5.78 Å². The molecule has 4 rings (SSSR count). The summed E-state index contributed by atoms with van der Waals surface area (Å²) in [6.07, 6.45) is 2.13. The number of aryl methyl sites for hydroxylation is 1. The highest BCUT2D eigenvalue weighted by Gasteiger charge is 2.46. The van der Waals surface area contributed by atoms with Gasteiger partial charge in [-0.1, -0.05) is 42.5 Å². The summed E-state index contributed by atoms with van der Waals surface area (Å²) in [6.45, 7) is 1.88. The minimum atomic E-state index is -3.59. The molecule has 0 fully saturated rings. The van der Waals surface area contributed by atoms with Crippen molar-refractivity contribution in [3.05, 3.63) is 70.9 Å². The second-order valence-corrected chi connectivity index (χ2v) is 9.39. The van der Waals surface area contributed by atoms with Crippen LogP contribution in [-0.4, -0.2) is 24.4 Å². The highest BCUT2D eigenvalue weighted by molar-refractivity contribution is 7.89. The van der Waals surface area contributed by atoms with E-state index in [1.54, 1.807) is 12.1 Å². The van der Waals surface area contributed by atoms with E-state index >= 15 is 0 Å². The SMILES string of the molecule is Cc1ccc2c3c(n(S(C)(=O)=O)c2c1)CC[C@](C#N)(Cc1ccccc1)C3=O. The number of carbonyl (C=O) groups excluding carboxylic acids is 1. The smallest absolute Gasteiger partial charge is 0.236 e. The summed E-state index contributed by atoms with van der Waals surface area (Å²) in [5, 5.41) is 10.6. The zero-order chi connectivity index (χ0) is 20.1. The zero-order valence-electron chi connectivity index (χ0n) is 15.8. The Morgan fingerprint density at radius 1 is 1.18 bits per heavy atom. The average molecular weight is 392 g/mol. The molecule has 0 spiro atoms. The predicted molar refractivity (Wildman–Crippen MR) is 108 cm³/mol. The molecule has 1 aromatic heterocycles. The van der Waals surface area contributed by atoms with Crippen LogP contribution in [0.25, 0.3) is 10.9 Å². The number of fused-ring (bicyclic) bond motifs is 3. The van der Waals surface area contributed by atoms with Crippen LogP contribution in [0.2, 0.25) is 0 Å². The maximum Gasteiger partial charge on any atom is 0.236 e. The fraction of sp³-hybridized carbons (Fsp3) is 0.273. The number of Topliss-reactive ketones (excluding diaryl/α,β-unsaturated/α-hetero) is 1. The van der Waals surface area contributed by atoms with Crippen LogP contribution >= 0.6 is 0 Å². The van der Waals surface area contributed by atoms with Gasteiger partial charge in [0.1, 0.15) is 5.41 Å². The van der Waals surface area contributed by atoms with Crippen LogP contribution in [0.4, 0.5) is 0 Å². The summed E-state index contributed by atoms with van der Waals surface area (Å²) in [6, 6.07) is 17.2. The van der Waals surface area contributed by atoms with Crippen LogP contribution in [0.5, 0.6) is 0 Å². The van der Waals surface area contributed by atoms with Crippen LogP contribution < -0.4 is 0 Å². The molecule has 0 saturated heterocycles. The van der Waals surface area contributed by atoms with Gasteiger partial charge in [0.05, 0.1) is 17.8 Å². The Hall–Kier alpha value is -2.91. The molecule has 1 heterocycles. The molecule has 0 amide bonds. The molecule has 2 aromatic carbocycles. The second kappa shape index (κ2) is 6.32. The molecule has 1 atom stereocenters. The van der Waals surface area contributed by atoms with Crippen LogP contribution in [0.15, 0.2) is 48.5 Å².